The van der Waals surface area contributed by atoms with Crippen molar-refractivity contribution in [1.29, 1.82) is 0 Å². The van der Waals surface area contributed by atoms with Gasteiger partial charge in [-0.1, -0.05) is 23.7 Å². The molecule has 0 saturated heterocycles. The van der Waals surface area contributed by atoms with Crippen LogP contribution in [0.3, 0.4) is 0 Å². The van der Waals surface area contributed by atoms with Gasteiger partial charge in [-0.05, 0) is 38.1 Å². The molecule has 23 heavy (non-hydrogen) atoms. The third kappa shape index (κ3) is 4.74. The summed E-state index contributed by atoms with van der Waals surface area (Å²) in [5, 5.41) is 6.23. The minimum absolute atomic E-state index is 0.276. The number of amides is 1. The molecule has 2 rings (SSSR count). The second-order valence-electron chi connectivity index (χ2n) is 5.28. The summed E-state index contributed by atoms with van der Waals surface area (Å²) in [5.41, 5.74) is 0.880. The number of halogens is 3. The molecule has 6 heteroatoms. The van der Waals surface area contributed by atoms with E-state index >= 15 is 0 Å². The van der Waals surface area contributed by atoms with Crippen LogP contribution in [0.5, 0.6) is 0 Å². The molecule has 2 aromatic carbocycles. The van der Waals surface area contributed by atoms with Crippen LogP contribution in [0.15, 0.2) is 42.5 Å². The maximum absolute atomic E-state index is 13.7. The molecule has 0 spiro atoms. The highest BCUT2D eigenvalue weighted by Crippen LogP contribution is 2.19. The third-order valence-corrected chi connectivity index (χ3v) is 3.65. The largest absolute Gasteiger partial charge is 0.325 e. The first-order valence-electron chi connectivity index (χ1n) is 7.14. The van der Waals surface area contributed by atoms with Gasteiger partial charge < -0.3 is 5.32 Å². The molecule has 0 saturated carbocycles. The lowest BCUT2D eigenvalue weighted by molar-refractivity contribution is -0.117. The van der Waals surface area contributed by atoms with Crippen molar-refractivity contribution in [2.45, 2.75) is 25.9 Å². The van der Waals surface area contributed by atoms with E-state index < -0.39 is 23.7 Å². The van der Waals surface area contributed by atoms with Crippen molar-refractivity contribution in [1.82, 2.24) is 5.32 Å². The van der Waals surface area contributed by atoms with E-state index in [2.05, 4.69) is 10.6 Å². The summed E-state index contributed by atoms with van der Waals surface area (Å²) in [7, 11) is 0. The maximum Gasteiger partial charge on any atom is 0.241 e. The lowest BCUT2D eigenvalue weighted by Crippen LogP contribution is -2.39. The van der Waals surface area contributed by atoms with E-state index in [1.807, 2.05) is 0 Å². The Balaban J connectivity index is 2.00. The molecule has 0 aliphatic rings. The number of hydrogen-bond donors (Lipinski definition) is 2. The Morgan fingerprint density at radius 1 is 1.13 bits per heavy atom. The summed E-state index contributed by atoms with van der Waals surface area (Å²) in [4.78, 5) is 12.2. The normalized spacial score (nSPS) is 13.4. The van der Waals surface area contributed by atoms with Gasteiger partial charge in [0.25, 0.3) is 0 Å². The fraction of sp³-hybridized carbons (Fsp3) is 0.235. The Morgan fingerprint density at radius 2 is 1.87 bits per heavy atom. The molecule has 0 heterocycles. The van der Waals surface area contributed by atoms with E-state index in [-0.39, 0.29) is 5.91 Å². The predicted molar refractivity (Wildman–Crippen MR) is 87.5 cm³/mol. The van der Waals surface area contributed by atoms with Gasteiger partial charge in [0.1, 0.15) is 11.6 Å². The van der Waals surface area contributed by atoms with Crippen LogP contribution < -0.4 is 10.6 Å². The van der Waals surface area contributed by atoms with Gasteiger partial charge in [-0.3, -0.25) is 10.1 Å². The average Bonchev–Trinajstić information content (AvgIpc) is 2.46. The van der Waals surface area contributed by atoms with Crippen LogP contribution in [-0.2, 0) is 4.79 Å². The molecule has 0 aliphatic carbocycles. The van der Waals surface area contributed by atoms with Crippen LogP contribution in [0.1, 0.15) is 25.5 Å². The lowest BCUT2D eigenvalue weighted by Gasteiger charge is -2.20. The van der Waals surface area contributed by atoms with Gasteiger partial charge in [0, 0.05) is 28.4 Å². The van der Waals surface area contributed by atoms with Crippen molar-refractivity contribution in [2.75, 3.05) is 5.32 Å². The van der Waals surface area contributed by atoms with Crippen molar-refractivity contribution in [3.63, 3.8) is 0 Å². The highest BCUT2D eigenvalue weighted by molar-refractivity contribution is 6.30. The van der Waals surface area contributed by atoms with Crippen molar-refractivity contribution in [2.24, 2.45) is 0 Å². The van der Waals surface area contributed by atoms with E-state index in [1.165, 1.54) is 12.1 Å². The number of nitrogens with one attached hydrogen (secondary N) is 2. The highest BCUT2D eigenvalue weighted by Gasteiger charge is 2.18. The molecule has 0 aliphatic heterocycles. The fourth-order valence-corrected chi connectivity index (χ4v) is 2.40. The van der Waals surface area contributed by atoms with E-state index in [0.29, 0.717) is 16.3 Å². The molecule has 2 aromatic rings. The summed E-state index contributed by atoms with van der Waals surface area (Å²) in [6.45, 7) is 3.37. The standard InChI is InChI=1S/C17H17ClF2N2O/c1-10(15-7-6-13(19)9-16(15)20)21-11(2)17(23)22-14-5-3-4-12(18)8-14/h3-11,21H,1-2H3,(H,22,23)/t10-,11-/m1/s1. The van der Waals surface area contributed by atoms with Gasteiger partial charge >= 0.3 is 0 Å². The van der Waals surface area contributed by atoms with Crippen molar-refractivity contribution in [3.05, 3.63) is 64.7 Å². The van der Waals surface area contributed by atoms with Crippen molar-refractivity contribution in [3.8, 4) is 0 Å². The number of anilines is 1. The first-order chi connectivity index (χ1) is 10.9. The van der Waals surface area contributed by atoms with Gasteiger partial charge in [0.2, 0.25) is 5.91 Å². The van der Waals surface area contributed by atoms with Crippen LogP contribution in [0, 0.1) is 11.6 Å². The fourth-order valence-electron chi connectivity index (χ4n) is 2.21. The molecule has 3 nitrogen and oxygen atoms in total. The maximum atomic E-state index is 13.7. The number of carbonyl (C=O) groups is 1. The van der Waals surface area contributed by atoms with Crippen LogP contribution in [0.4, 0.5) is 14.5 Å². The molecule has 0 fully saturated rings. The number of hydrogen-bond acceptors (Lipinski definition) is 2. The van der Waals surface area contributed by atoms with Crippen LogP contribution in [0.25, 0.3) is 0 Å². The molecule has 0 bridgehead atoms. The quantitative estimate of drug-likeness (QED) is 0.853. The van der Waals surface area contributed by atoms with Gasteiger partial charge in [0.05, 0.1) is 6.04 Å². The predicted octanol–water partition coefficient (Wildman–Crippen LogP) is 4.30. The van der Waals surface area contributed by atoms with E-state index in [9.17, 15) is 13.6 Å². The minimum atomic E-state index is -0.646. The first kappa shape index (κ1) is 17.4. The molecular weight excluding hydrogens is 322 g/mol. The first-order valence-corrected chi connectivity index (χ1v) is 7.52. The summed E-state index contributed by atoms with van der Waals surface area (Å²) >= 11 is 5.86. The molecule has 0 unspecified atom stereocenters. The van der Waals surface area contributed by atoms with E-state index in [1.54, 1.807) is 38.1 Å². The number of rotatable bonds is 5. The summed E-state index contributed by atoms with van der Waals surface area (Å²) in [6, 6.07) is 9.14. The zero-order chi connectivity index (χ0) is 17.0. The summed E-state index contributed by atoms with van der Waals surface area (Å²) in [6.07, 6.45) is 0. The second-order valence-corrected chi connectivity index (χ2v) is 5.71. The van der Waals surface area contributed by atoms with Gasteiger partial charge in [-0.25, -0.2) is 8.78 Å². The highest BCUT2D eigenvalue weighted by atomic mass is 35.5. The summed E-state index contributed by atoms with van der Waals surface area (Å²) in [5.74, 6) is -1.56. The molecule has 0 aromatic heterocycles. The second kappa shape index (κ2) is 7.53. The Labute approximate surface area is 138 Å². The monoisotopic (exact) mass is 338 g/mol. The van der Waals surface area contributed by atoms with Crippen molar-refractivity contribution < 1.29 is 13.6 Å². The minimum Gasteiger partial charge on any atom is -0.325 e. The Bertz CT molecular complexity index is 709. The number of carbonyl (C=O) groups excluding carboxylic acids is 1. The zero-order valence-electron chi connectivity index (χ0n) is 12.7. The molecular formula is C17H17ClF2N2O. The molecule has 1 amide bonds. The van der Waals surface area contributed by atoms with Gasteiger partial charge in [0.15, 0.2) is 0 Å². The van der Waals surface area contributed by atoms with Crippen molar-refractivity contribution >= 4 is 23.2 Å². The van der Waals surface area contributed by atoms with Crippen LogP contribution >= 0.6 is 11.6 Å². The SMILES string of the molecule is C[C@@H](N[C@H](C)c1ccc(F)cc1F)C(=O)Nc1cccc(Cl)c1. The molecule has 122 valence electrons. The molecule has 2 N–H and O–H groups in total. The van der Waals surface area contributed by atoms with E-state index in [4.69, 9.17) is 11.6 Å². The Morgan fingerprint density at radius 3 is 2.52 bits per heavy atom. The van der Waals surface area contributed by atoms with Crippen LogP contribution in [0.2, 0.25) is 5.02 Å². The van der Waals surface area contributed by atoms with Gasteiger partial charge in [-0.15, -0.1) is 0 Å². The average molecular weight is 339 g/mol. The Hall–Kier alpha value is -1.98. The van der Waals surface area contributed by atoms with E-state index in [0.717, 1.165) is 6.07 Å². The zero-order valence-corrected chi connectivity index (χ0v) is 13.5. The molecule has 0 radical (unpaired) electrons. The van der Waals surface area contributed by atoms with Gasteiger partial charge in [-0.2, -0.15) is 0 Å². The third-order valence-electron chi connectivity index (χ3n) is 3.41. The molecule has 2 atom stereocenters. The summed E-state index contributed by atoms with van der Waals surface area (Å²) < 4.78 is 26.7. The van der Waals surface area contributed by atoms with Crippen LogP contribution in [-0.4, -0.2) is 11.9 Å². The smallest absolute Gasteiger partial charge is 0.241 e. The lowest BCUT2D eigenvalue weighted by atomic mass is 10.1. The topological polar surface area (TPSA) is 41.1 Å². The Kier molecular flexibility index (Phi) is 5.69. The number of benzene rings is 2.